The first kappa shape index (κ1) is 11.9. The first-order valence-corrected chi connectivity index (χ1v) is 5.85. The second-order valence-electron chi connectivity index (χ2n) is 4.41. The number of benzene rings is 1. The van der Waals surface area contributed by atoms with Crippen molar-refractivity contribution in [2.75, 3.05) is 5.32 Å². The largest absolute Gasteiger partial charge is 0.391 e. The average Bonchev–Trinajstić information content (AvgIpc) is 2.34. The van der Waals surface area contributed by atoms with Crippen LogP contribution < -0.4 is 5.32 Å². The summed E-state index contributed by atoms with van der Waals surface area (Å²) < 4.78 is 13.6. The van der Waals surface area contributed by atoms with Gasteiger partial charge in [-0.05, 0) is 31.0 Å². The highest BCUT2D eigenvalue weighted by Crippen LogP contribution is 2.24. The molecule has 2 N–H and O–H groups in total. The molecule has 0 radical (unpaired) electrons. The molecule has 0 spiro atoms. The zero-order valence-corrected chi connectivity index (χ0v) is 9.49. The van der Waals surface area contributed by atoms with E-state index < -0.39 is 11.9 Å². The van der Waals surface area contributed by atoms with E-state index in [4.69, 9.17) is 5.26 Å². The normalized spacial score (nSPS) is 24.1. The lowest BCUT2D eigenvalue weighted by atomic mass is 9.92. The number of hydrogen-bond acceptors (Lipinski definition) is 3. The van der Waals surface area contributed by atoms with Crippen LogP contribution in [-0.2, 0) is 0 Å². The van der Waals surface area contributed by atoms with Gasteiger partial charge in [0, 0.05) is 0 Å². The Kier molecular flexibility index (Phi) is 3.60. The molecule has 1 saturated carbocycles. The summed E-state index contributed by atoms with van der Waals surface area (Å²) in [5.41, 5.74) is 0.659. The van der Waals surface area contributed by atoms with Crippen molar-refractivity contribution in [3.63, 3.8) is 0 Å². The molecular formula is C13H15FN2O. The SMILES string of the molecule is N#Cc1ccc(N[C@@H]2CCCC[C@H]2O)c(F)c1. The molecule has 1 fully saturated rings. The number of hydrogen-bond donors (Lipinski definition) is 2. The van der Waals surface area contributed by atoms with Gasteiger partial charge in [-0.1, -0.05) is 12.8 Å². The van der Waals surface area contributed by atoms with Gasteiger partial charge in [-0.25, -0.2) is 4.39 Å². The molecule has 0 amide bonds. The van der Waals surface area contributed by atoms with Crippen LogP contribution in [0.25, 0.3) is 0 Å². The van der Waals surface area contributed by atoms with E-state index in [2.05, 4.69) is 5.32 Å². The van der Waals surface area contributed by atoms with Gasteiger partial charge in [-0.2, -0.15) is 5.26 Å². The van der Waals surface area contributed by atoms with E-state index in [1.165, 1.54) is 6.07 Å². The van der Waals surface area contributed by atoms with E-state index >= 15 is 0 Å². The summed E-state index contributed by atoms with van der Waals surface area (Å²) in [6.07, 6.45) is 3.26. The summed E-state index contributed by atoms with van der Waals surface area (Å²) >= 11 is 0. The van der Waals surface area contributed by atoms with Crippen molar-refractivity contribution in [3.8, 4) is 6.07 Å². The molecule has 1 aliphatic carbocycles. The van der Waals surface area contributed by atoms with Gasteiger partial charge < -0.3 is 10.4 Å². The number of nitrogens with one attached hydrogen (secondary N) is 1. The highest BCUT2D eigenvalue weighted by atomic mass is 19.1. The molecule has 0 saturated heterocycles. The molecule has 17 heavy (non-hydrogen) atoms. The van der Waals surface area contributed by atoms with Gasteiger partial charge in [0.1, 0.15) is 5.82 Å². The smallest absolute Gasteiger partial charge is 0.147 e. The minimum atomic E-state index is -0.443. The van der Waals surface area contributed by atoms with Gasteiger partial charge in [0.05, 0.1) is 29.5 Å². The third kappa shape index (κ3) is 2.75. The van der Waals surface area contributed by atoms with Crippen molar-refractivity contribution in [2.24, 2.45) is 0 Å². The van der Waals surface area contributed by atoms with E-state index in [1.807, 2.05) is 6.07 Å². The van der Waals surface area contributed by atoms with Crippen LogP contribution in [-0.4, -0.2) is 17.3 Å². The Hall–Kier alpha value is -1.60. The molecule has 4 heteroatoms. The van der Waals surface area contributed by atoms with Gasteiger partial charge >= 0.3 is 0 Å². The highest BCUT2D eigenvalue weighted by molar-refractivity contribution is 5.49. The van der Waals surface area contributed by atoms with E-state index in [9.17, 15) is 9.50 Å². The maximum Gasteiger partial charge on any atom is 0.147 e. The molecule has 1 aliphatic rings. The Bertz CT molecular complexity index is 442. The first-order valence-electron chi connectivity index (χ1n) is 5.85. The Balaban J connectivity index is 2.10. The van der Waals surface area contributed by atoms with Crippen LogP contribution in [0.2, 0.25) is 0 Å². The maximum absolute atomic E-state index is 13.6. The standard InChI is InChI=1S/C13H15FN2O/c14-10-7-9(8-15)5-6-11(10)16-12-3-1-2-4-13(12)17/h5-7,12-13,16-17H,1-4H2/t12-,13-/m1/s1. The molecule has 0 aliphatic heterocycles. The van der Waals surface area contributed by atoms with Crippen molar-refractivity contribution in [2.45, 2.75) is 37.8 Å². The van der Waals surface area contributed by atoms with E-state index in [0.717, 1.165) is 25.7 Å². The third-order valence-corrected chi connectivity index (χ3v) is 3.17. The van der Waals surface area contributed by atoms with E-state index in [-0.39, 0.29) is 6.04 Å². The number of aliphatic hydroxyl groups excluding tert-OH is 1. The van der Waals surface area contributed by atoms with Crippen LogP contribution in [0.3, 0.4) is 0 Å². The number of halogens is 1. The van der Waals surface area contributed by atoms with Crippen molar-refractivity contribution in [3.05, 3.63) is 29.6 Å². The quantitative estimate of drug-likeness (QED) is 0.826. The summed E-state index contributed by atoms with van der Waals surface area (Å²) in [6, 6.07) is 6.13. The van der Waals surface area contributed by atoms with Crippen LogP contribution in [0.15, 0.2) is 18.2 Å². The lowest BCUT2D eigenvalue weighted by Gasteiger charge is -2.29. The maximum atomic E-state index is 13.6. The van der Waals surface area contributed by atoms with Crippen LogP contribution in [0.4, 0.5) is 10.1 Å². The summed E-state index contributed by atoms with van der Waals surface area (Å²) in [6.45, 7) is 0. The lowest BCUT2D eigenvalue weighted by molar-refractivity contribution is 0.116. The second-order valence-corrected chi connectivity index (χ2v) is 4.41. The van der Waals surface area contributed by atoms with E-state index in [1.54, 1.807) is 12.1 Å². The number of anilines is 1. The van der Waals surface area contributed by atoms with Gasteiger partial charge in [0.2, 0.25) is 0 Å². The third-order valence-electron chi connectivity index (χ3n) is 3.17. The monoisotopic (exact) mass is 234 g/mol. The molecule has 2 rings (SSSR count). The molecular weight excluding hydrogens is 219 g/mol. The molecule has 0 aromatic heterocycles. The topological polar surface area (TPSA) is 56.0 Å². The molecule has 90 valence electrons. The summed E-state index contributed by atoms with van der Waals surface area (Å²) in [5.74, 6) is -0.443. The summed E-state index contributed by atoms with van der Waals surface area (Å²) in [5, 5.41) is 21.4. The van der Waals surface area contributed by atoms with Crippen LogP contribution in [0.1, 0.15) is 31.2 Å². The van der Waals surface area contributed by atoms with Crippen LogP contribution in [0, 0.1) is 17.1 Å². The summed E-state index contributed by atoms with van der Waals surface area (Å²) in [7, 11) is 0. The van der Waals surface area contributed by atoms with Crippen molar-refractivity contribution >= 4 is 5.69 Å². The fourth-order valence-electron chi connectivity index (χ4n) is 2.18. The minimum Gasteiger partial charge on any atom is -0.391 e. The molecule has 0 unspecified atom stereocenters. The van der Waals surface area contributed by atoms with Crippen molar-refractivity contribution in [1.82, 2.24) is 0 Å². The minimum absolute atomic E-state index is 0.0915. The van der Waals surface area contributed by atoms with Gasteiger partial charge in [0.15, 0.2) is 0 Å². The second kappa shape index (κ2) is 5.15. The number of nitriles is 1. The van der Waals surface area contributed by atoms with Crippen LogP contribution in [0.5, 0.6) is 0 Å². The Labute approximate surface area is 99.9 Å². The Morgan fingerprint density at radius 3 is 2.76 bits per heavy atom. The van der Waals surface area contributed by atoms with Crippen molar-refractivity contribution < 1.29 is 9.50 Å². The fraction of sp³-hybridized carbons (Fsp3) is 0.462. The average molecular weight is 234 g/mol. The number of nitrogens with zero attached hydrogens (tertiary/aromatic N) is 1. The summed E-state index contributed by atoms with van der Waals surface area (Å²) in [4.78, 5) is 0. The van der Waals surface area contributed by atoms with E-state index in [0.29, 0.717) is 11.3 Å². The predicted molar refractivity (Wildman–Crippen MR) is 63.0 cm³/mol. The van der Waals surface area contributed by atoms with Gasteiger partial charge in [-0.3, -0.25) is 0 Å². The van der Waals surface area contributed by atoms with Crippen LogP contribution >= 0.6 is 0 Å². The molecule has 0 heterocycles. The zero-order valence-electron chi connectivity index (χ0n) is 9.49. The fourth-order valence-corrected chi connectivity index (χ4v) is 2.18. The highest BCUT2D eigenvalue weighted by Gasteiger charge is 2.23. The van der Waals surface area contributed by atoms with Gasteiger partial charge in [0.25, 0.3) is 0 Å². The Morgan fingerprint density at radius 1 is 1.35 bits per heavy atom. The molecule has 2 atom stereocenters. The molecule has 1 aromatic rings. The zero-order chi connectivity index (χ0) is 12.3. The number of aliphatic hydroxyl groups is 1. The lowest BCUT2D eigenvalue weighted by Crippen LogP contribution is -2.36. The molecule has 0 bridgehead atoms. The van der Waals surface area contributed by atoms with Crippen molar-refractivity contribution in [1.29, 1.82) is 5.26 Å². The van der Waals surface area contributed by atoms with Gasteiger partial charge in [-0.15, -0.1) is 0 Å². The first-order chi connectivity index (χ1) is 8.20. The Morgan fingerprint density at radius 2 is 2.12 bits per heavy atom. The molecule has 3 nitrogen and oxygen atoms in total. The molecule has 1 aromatic carbocycles. The predicted octanol–water partition coefficient (Wildman–Crippen LogP) is 2.41. The number of rotatable bonds is 2.